The zero-order valence-electron chi connectivity index (χ0n) is 14.5. The van der Waals surface area contributed by atoms with E-state index < -0.39 is 0 Å². The zero-order chi connectivity index (χ0) is 17.7. The van der Waals surface area contributed by atoms with Crippen molar-refractivity contribution in [1.82, 2.24) is 9.97 Å². The number of pyridine rings is 2. The largest absolute Gasteiger partial charge is 1.00 e. The van der Waals surface area contributed by atoms with E-state index in [1.807, 2.05) is 0 Å². The molecule has 0 spiro atoms. The maximum Gasteiger partial charge on any atom is 1.00 e. The van der Waals surface area contributed by atoms with Crippen molar-refractivity contribution >= 4 is 21.6 Å². The average Bonchev–Trinajstić information content (AvgIpc) is 2.58. The fourth-order valence-corrected chi connectivity index (χ4v) is 4.36. The molecule has 4 N–H and O–H groups in total. The molecule has 9 heteroatoms. The molecular weight excluding hydrogens is 371 g/mol. The predicted molar refractivity (Wildman–Crippen MR) is 95.7 cm³/mol. The summed E-state index contributed by atoms with van der Waals surface area (Å²) >= 11 is 0. The van der Waals surface area contributed by atoms with E-state index in [2.05, 4.69) is 9.97 Å². The topological polar surface area (TPSA) is 107 Å². The van der Waals surface area contributed by atoms with Crippen molar-refractivity contribution in [2.75, 3.05) is 0 Å². The number of aromatic hydroxyl groups is 2. The molecule has 2 heterocycles. The van der Waals surface area contributed by atoms with E-state index in [9.17, 15) is 20.4 Å². The molecule has 0 unspecified atom stereocenters. The van der Waals surface area contributed by atoms with Crippen LogP contribution in [0.25, 0.3) is 0 Å². The third-order valence-electron chi connectivity index (χ3n) is 3.69. The summed E-state index contributed by atoms with van der Waals surface area (Å²) in [6.07, 6.45) is 3.32. The van der Waals surface area contributed by atoms with E-state index in [0.717, 1.165) is 11.1 Å². The molecule has 0 aliphatic carbocycles. The number of nitrogens with zero attached hydrogens (tertiary/aromatic N) is 2. The smallest absolute Gasteiger partial charge is 0.506 e. The first-order chi connectivity index (χ1) is 11.5. The van der Waals surface area contributed by atoms with Crippen LogP contribution >= 0.6 is 21.6 Å². The summed E-state index contributed by atoms with van der Waals surface area (Å²) in [5.41, 5.74) is 3.56. The predicted octanol–water partition coefficient (Wildman–Crippen LogP) is -0.425. The van der Waals surface area contributed by atoms with Gasteiger partial charge in [-0.25, -0.2) is 0 Å². The van der Waals surface area contributed by atoms with Crippen LogP contribution in [0.1, 0.15) is 33.6 Å². The van der Waals surface area contributed by atoms with Crippen molar-refractivity contribution in [3.05, 3.63) is 46.0 Å². The van der Waals surface area contributed by atoms with Crippen molar-refractivity contribution in [2.45, 2.75) is 38.6 Å². The van der Waals surface area contributed by atoms with Gasteiger partial charge in [-0.05, 0) is 25.0 Å². The van der Waals surface area contributed by atoms with E-state index in [1.54, 1.807) is 26.2 Å². The summed E-state index contributed by atoms with van der Waals surface area (Å²) in [5.74, 6) is 1.22. The van der Waals surface area contributed by atoms with Gasteiger partial charge in [-0.1, -0.05) is 21.6 Å². The van der Waals surface area contributed by atoms with E-state index in [4.69, 9.17) is 0 Å². The number of aromatic nitrogens is 2. The summed E-state index contributed by atoms with van der Waals surface area (Å²) in [5, 5.41) is 38.7. The van der Waals surface area contributed by atoms with Crippen LogP contribution in [-0.2, 0) is 24.7 Å². The SMILES string of the molecule is Cc1ncc(CSSCc2cnc(C)c(O)c2CO)c(CO)c1O.[Na+]. The maximum absolute atomic E-state index is 9.94. The van der Waals surface area contributed by atoms with Gasteiger partial charge in [0.05, 0.1) is 24.6 Å². The molecule has 2 rings (SSSR count). The van der Waals surface area contributed by atoms with Crippen LogP contribution in [0.2, 0.25) is 0 Å². The number of hydrogen-bond donors (Lipinski definition) is 4. The Morgan fingerprint density at radius 2 is 1.16 bits per heavy atom. The fraction of sp³-hybridized carbons (Fsp3) is 0.375. The molecule has 0 radical (unpaired) electrons. The standard InChI is InChI=1S/C16H20N2O4S2.Na/c1-9-15(21)13(5-19)11(3-17-9)7-23-24-8-12-4-18-10(2)16(22)14(12)6-20;/h3-4,19-22H,5-8H2,1-2H3;/q;+1. The number of aryl methyl sites for hydroxylation is 2. The first-order valence-corrected chi connectivity index (χ1v) is 9.77. The molecule has 0 bridgehead atoms. The molecular formula is C16H20N2NaO4S2+. The molecule has 2 aromatic rings. The molecule has 0 saturated carbocycles. The molecule has 0 atom stereocenters. The van der Waals surface area contributed by atoms with E-state index in [1.165, 1.54) is 21.6 Å². The summed E-state index contributed by atoms with van der Waals surface area (Å²) in [6.45, 7) is 2.90. The number of rotatable bonds is 7. The Balaban J connectivity index is 0.00000312. The Kier molecular flexibility index (Phi) is 9.58. The van der Waals surface area contributed by atoms with Crippen molar-refractivity contribution in [3.63, 3.8) is 0 Å². The summed E-state index contributed by atoms with van der Waals surface area (Å²) < 4.78 is 0. The summed E-state index contributed by atoms with van der Waals surface area (Å²) in [7, 11) is 3.08. The maximum atomic E-state index is 9.94. The molecule has 0 aliphatic rings. The van der Waals surface area contributed by atoms with Gasteiger partial charge in [0.15, 0.2) is 0 Å². The van der Waals surface area contributed by atoms with Gasteiger partial charge < -0.3 is 20.4 Å². The number of aliphatic hydroxyl groups excluding tert-OH is 2. The monoisotopic (exact) mass is 391 g/mol. The van der Waals surface area contributed by atoms with Crippen LogP contribution in [0, 0.1) is 13.8 Å². The Morgan fingerprint density at radius 3 is 1.48 bits per heavy atom. The van der Waals surface area contributed by atoms with Crippen LogP contribution in [0.5, 0.6) is 11.5 Å². The van der Waals surface area contributed by atoms with Gasteiger partial charge >= 0.3 is 29.6 Å². The Morgan fingerprint density at radius 1 is 0.800 bits per heavy atom. The third kappa shape index (κ3) is 5.50. The molecule has 130 valence electrons. The first-order valence-electron chi connectivity index (χ1n) is 7.28. The molecule has 0 aliphatic heterocycles. The van der Waals surface area contributed by atoms with Crippen molar-refractivity contribution < 1.29 is 50.0 Å². The normalized spacial score (nSPS) is 10.6. The minimum atomic E-state index is -0.236. The van der Waals surface area contributed by atoms with Crippen LogP contribution in [0.3, 0.4) is 0 Å². The van der Waals surface area contributed by atoms with Gasteiger partial charge in [-0.2, -0.15) is 0 Å². The average molecular weight is 391 g/mol. The van der Waals surface area contributed by atoms with E-state index >= 15 is 0 Å². The van der Waals surface area contributed by atoms with Gasteiger partial charge in [0.2, 0.25) is 0 Å². The second-order valence-electron chi connectivity index (χ2n) is 5.23. The fourth-order valence-electron chi connectivity index (χ4n) is 2.18. The zero-order valence-corrected chi connectivity index (χ0v) is 18.1. The molecule has 0 amide bonds. The van der Waals surface area contributed by atoms with E-state index in [-0.39, 0.29) is 54.3 Å². The van der Waals surface area contributed by atoms with Crippen molar-refractivity contribution in [2.24, 2.45) is 0 Å². The van der Waals surface area contributed by atoms with Crippen LogP contribution in [0.4, 0.5) is 0 Å². The molecule has 0 aromatic carbocycles. The Labute approximate surface area is 176 Å². The van der Waals surface area contributed by atoms with Crippen LogP contribution in [-0.4, -0.2) is 30.4 Å². The molecule has 6 nitrogen and oxygen atoms in total. The van der Waals surface area contributed by atoms with Gasteiger partial charge in [0.1, 0.15) is 11.5 Å². The quantitative estimate of drug-likeness (QED) is 0.286. The van der Waals surface area contributed by atoms with Gasteiger partial charge in [0, 0.05) is 35.0 Å². The minimum Gasteiger partial charge on any atom is -0.506 e. The summed E-state index contributed by atoms with van der Waals surface area (Å²) in [6, 6.07) is 0. The summed E-state index contributed by atoms with van der Waals surface area (Å²) in [4.78, 5) is 8.23. The molecule has 2 aromatic heterocycles. The second kappa shape index (κ2) is 10.6. The van der Waals surface area contributed by atoms with Gasteiger partial charge in [-0.3, -0.25) is 9.97 Å². The number of aliphatic hydroxyl groups is 2. The number of hydrogen-bond acceptors (Lipinski definition) is 8. The second-order valence-corrected chi connectivity index (χ2v) is 7.70. The van der Waals surface area contributed by atoms with Crippen LogP contribution < -0.4 is 29.6 Å². The first kappa shape index (κ1) is 22.6. The van der Waals surface area contributed by atoms with Crippen LogP contribution in [0.15, 0.2) is 12.4 Å². The third-order valence-corrected chi connectivity index (χ3v) is 5.92. The Bertz CT molecular complexity index is 670. The van der Waals surface area contributed by atoms with Crippen molar-refractivity contribution in [1.29, 1.82) is 0 Å². The van der Waals surface area contributed by atoms with Gasteiger partial charge in [0.25, 0.3) is 0 Å². The van der Waals surface area contributed by atoms with E-state index in [0.29, 0.717) is 34.0 Å². The molecule has 0 saturated heterocycles. The van der Waals surface area contributed by atoms with Gasteiger partial charge in [-0.15, -0.1) is 0 Å². The minimum absolute atomic E-state index is 0. The molecule has 0 fully saturated rings. The van der Waals surface area contributed by atoms with Crippen molar-refractivity contribution in [3.8, 4) is 11.5 Å². The Hall–Kier alpha value is -0.480. The molecule has 25 heavy (non-hydrogen) atoms.